The van der Waals surface area contributed by atoms with E-state index in [1.54, 1.807) is 41.2 Å². The molecule has 9 heteroatoms. The van der Waals surface area contributed by atoms with Gasteiger partial charge in [-0.3, -0.25) is 4.79 Å². The molecule has 1 saturated heterocycles. The average molecular weight is 462 g/mol. The van der Waals surface area contributed by atoms with Crippen molar-refractivity contribution >= 4 is 11.9 Å². The van der Waals surface area contributed by atoms with Crippen LogP contribution in [0.25, 0.3) is 0 Å². The summed E-state index contributed by atoms with van der Waals surface area (Å²) < 4.78 is 34.7. The van der Waals surface area contributed by atoms with Crippen molar-refractivity contribution in [1.82, 2.24) is 15.1 Å². The molecule has 0 spiro atoms. The molecule has 0 aliphatic carbocycles. The van der Waals surface area contributed by atoms with E-state index in [1.807, 2.05) is 24.3 Å². The van der Waals surface area contributed by atoms with Gasteiger partial charge < -0.3 is 24.6 Å². The van der Waals surface area contributed by atoms with E-state index in [0.717, 1.165) is 16.9 Å². The fourth-order valence-corrected chi connectivity index (χ4v) is 3.55. The van der Waals surface area contributed by atoms with Gasteiger partial charge >= 0.3 is 6.03 Å². The van der Waals surface area contributed by atoms with Gasteiger partial charge in [-0.15, -0.1) is 0 Å². The number of hydrogen-bond acceptors (Lipinski definition) is 4. The van der Waals surface area contributed by atoms with E-state index < -0.39 is 13.0 Å². The van der Waals surface area contributed by atoms with Gasteiger partial charge in [-0.2, -0.15) is 0 Å². The average Bonchev–Trinajstić information content (AvgIpc) is 2.85. The Bertz CT molecular complexity index is 916. The van der Waals surface area contributed by atoms with Crippen molar-refractivity contribution < 1.29 is 27.8 Å². The first-order valence-electron chi connectivity index (χ1n) is 10.9. The van der Waals surface area contributed by atoms with Crippen LogP contribution < -0.4 is 14.8 Å². The Morgan fingerprint density at radius 3 is 2.33 bits per heavy atom. The minimum atomic E-state index is -2.54. The van der Waals surface area contributed by atoms with E-state index in [1.165, 1.54) is 0 Å². The Labute approximate surface area is 192 Å². The van der Waals surface area contributed by atoms with Gasteiger partial charge in [0, 0.05) is 39.1 Å². The molecule has 2 aromatic rings. The number of nitrogens with zero attached hydrogens (tertiary/aromatic N) is 2. The first-order chi connectivity index (χ1) is 15.9. The number of nitrogens with one attached hydrogen (secondary N) is 1. The van der Waals surface area contributed by atoms with Crippen molar-refractivity contribution in [3.05, 3.63) is 59.7 Å². The number of methoxy groups -OCH3 is 1. The quantitative estimate of drug-likeness (QED) is 0.622. The van der Waals surface area contributed by atoms with Gasteiger partial charge in [0.05, 0.1) is 7.11 Å². The molecule has 1 fully saturated rings. The summed E-state index contributed by atoms with van der Waals surface area (Å²) in [6, 6.07) is 14.1. The second-order valence-electron chi connectivity index (χ2n) is 7.72. The molecule has 1 heterocycles. The van der Waals surface area contributed by atoms with Crippen LogP contribution in [0.3, 0.4) is 0 Å². The lowest BCUT2D eigenvalue weighted by molar-refractivity contribution is -0.132. The summed E-state index contributed by atoms with van der Waals surface area (Å²) in [7, 11) is 1.62. The number of amides is 3. The first-order valence-corrected chi connectivity index (χ1v) is 10.9. The number of rotatable bonds is 9. The molecule has 2 aromatic carbocycles. The molecule has 33 heavy (non-hydrogen) atoms. The fraction of sp³-hybridized carbons (Fsp3) is 0.417. The van der Waals surface area contributed by atoms with E-state index >= 15 is 0 Å². The second kappa shape index (κ2) is 12.0. The van der Waals surface area contributed by atoms with Crippen molar-refractivity contribution in [3.63, 3.8) is 0 Å². The molecule has 178 valence electrons. The molecule has 0 unspecified atom stereocenters. The van der Waals surface area contributed by atoms with E-state index in [0.29, 0.717) is 44.8 Å². The SMILES string of the molecule is COc1ccc(CCC(=O)N2CCN(C(=O)NCc3cccc(OCC(F)F)c3)CC2)cc1. The standard InChI is InChI=1S/C24H29F2N3O4/c1-32-20-8-5-18(6-9-20)7-10-23(30)28-11-13-29(14-12-28)24(31)27-16-19-3-2-4-21(15-19)33-17-22(25)26/h2-6,8-9,15,22H,7,10-14,16-17H2,1H3,(H,27,31). The molecule has 7 nitrogen and oxygen atoms in total. The van der Waals surface area contributed by atoms with Gasteiger partial charge in [0.25, 0.3) is 6.43 Å². The van der Waals surface area contributed by atoms with Crippen LogP contribution in [0.4, 0.5) is 13.6 Å². The molecule has 0 saturated carbocycles. The number of piperazine rings is 1. The third kappa shape index (κ3) is 7.62. The zero-order valence-electron chi connectivity index (χ0n) is 18.6. The number of carbonyl (C=O) groups excluding carboxylic acids is 2. The van der Waals surface area contributed by atoms with Gasteiger partial charge in [0.1, 0.15) is 18.1 Å². The summed E-state index contributed by atoms with van der Waals surface area (Å²) in [6.45, 7) is 1.48. The van der Waals surface area contributed by atoms with Crippen molar-refractivity contribution in [2.24, 2.45) is 0 Å². The summed E-state index contributed by atoms with van der Waals surface area (Å²) >= 11 is 0. The molecule has 0 bridgehead atoms. The third-order valence-electron chi connectivity index (χ3n) is 5.42. The highest BCUT2D eigenvalue weighted by Crippen LogP contribution is 2.15. The predicted molar refractivity (Wildman–Crippen MR) is 120 cm³/mol. The maximum Gasteiger partial charge on any atom is 0.317 e. The molecule has 3 amide bonds. The van der Waals surface area contributed by atoms with Gasteiger partial charge in [0.15, 0.2) is 0 Å². The number of benzene rings is 2. The number of aryl methyl sites for hydroxylation is 1. The number of carbonyl (C=O) groups is 2. The van der Waals surface area contributed by atoms with Crippen LogP contribution in [0, 0.1) is 0 Å². The van der Waals surface area contributed by atoms with Gasteiger partial charge in [-0.05, 0) is 41.8 Å². The molecule has 0 atom stereocenters. The maximum absolute atomic E-state index is 12.5. The fourth-order valence-electron chi connectivity index (χ4n) is 3.55. The highest BCUT2D eigenvalue weighted by atomic mass is 19.3. The van der Waals surface area contributed by atoms with E-state index in [4.69, 9.17) is 9.47 Å². The predicted octanol–water partition coefficient (Wildman–Crippen LogP) is 3.33. The molecular formula is C24H29F2N3O4. The molecule has 1 N–H and O–H groups in total. The van der Waals surface area contributed by atoms with Crippen LogP contribution in [-0.4, -0.2) is 68.1 Å². The Balaban J connectivity index is 1.38. The Morgan fingerprint density at radius 2 is 1.67 bits per heavy atom. The Hall–Kier alpha value is -3.36. The van der Waals surface area contributed by atoms with Crippen LogP contribution in [0.5, 0.6) is 11.5 Å². The van der Waals surface area contributed by atoms with Crippen molar-refractivity contribution in [2.45, 2.75) is 25.8 Å². The zero-order chi connectivity index (χ0) is 23.6. The number of alkyl halides is 2. The highest BCUT2D eigenvalue weighted by molar-refractivity contribution is 5.78. The summed E-state index contributed by atoms with van der Waals surface area (Å²) in [4.78, 5) is 28.5. The van der Waals surface area contributed by atoms with E-state index in [-0.39, 0.29) is 18.5 Å². The Kier molecular flexibility index (Phi) is 8.86. The van der Waals surface area contributed by atoms with Crippen molar-refractivity contribution in [1.29, 1.82) is 0 Å². The lowest BCUT2D eigenvalue weighted by atomic mass is 10.1. The molecule has 3 rings (SSSR count). The minimum Gasteiger partial charge on any atom is -0.497 e. The van der Waals surface area contributed by atoms with Crippen molar-refractivity contribution in [3.8, 4) is 11.5 Å². The molecular weight excluding hydrogens is 432 g/mol. The van der Waals surface area contributed by atoms with Crippen LogP contribution in [0.2, 0.25) is 0 Å². The summed E-state index contributed by atoms with van der Waals surface area (Å²) in [5.74, 6) is 1.20. The van der Waals surface area contributed by atoms with Crippen LogP contribution >= 0.6 is 0 Å². The molecule has 0 radical (unpaired) electrons. The van der Waals surface area contributed by atoms with Gasteiger partial charge in [-0.1, -0.05) is 24.3 Å². The van der Waals surface area contributed by atoms with Gasteiger partial charge in [0.2, 0.25) is 5.91 Å². The smallest absolute Gasteiger partial charge is 0.317 e. The lowest BCUT2D eigenvalue weighted by Crippen LogP contribution is -2.53. The highest BCUT2D eigenvalue weighted by Gasteiger charge is 2.23. The van der Waals surface area contributed by atoms with Gasteiger partial charge in [-0.25, -0.2) is 13.6 Å². The van der Waals surface area contributed by atoms with E-state index in [9.17, 15) is 18.4 Å². The maximum atomic E-state index is 12.5. The summed E-state index contributed by atoms with van der Waals surface area (Å²) in [5, 5.41) is 2.83. The number of hydrogen-bond donors (Lipinski definition) is 1. The molecule has 1 aliphatic heterocycles. The van der Waals surface area contributed by atoms with Crippen molar-refractivity contribution in [2.75, 3.05) is 39.9 Å². The first kappa shape index (κ1) is 24.3. The monoisotopic (exact) mass is 461 g/mol. The molecule has 0 aromatic heterocycles. The topological polar surface area (TPSA) is 71.1 Å². The third-order valence-corrected chi connectivity index (χ3v) is 5.42. The van der Waals surface area contributed by atoms with Crippen LogP contribution in [0.15, 0.2) is 48.5 Å². The van der Waals surface area contributed by atoms with Crippen LogP contribution in [0.1, 0.15) is 17.5 Å². The van der Waals surface area contributed by atoms with Crippen LogP contribution in [-0.2, 0) is 17.8 Å². The molecule has 1 aliphatic rings. The zero-order valence-corrected chi connectivity index (χ0v) is 18.6. The Morgan fingerprint density at radius 1 is 0.970 bits per heavy atom. The second-order valence-corrected chi connectivity index (χ2v) is 7.72. The minimum absolute atomic E-state index is 0.0755. The van der Waals surface area contributed by atoms with E-state index in [2.05, 4.69) is 5.32 Å². The number of halogens is 2. The summed E-state index contributed by atoms with van der Waals surface area (Å²) in [6.07, 6.45) is -1.46. The lowest BCUT2D eigenvalue weighted by Gasteiger charge is -2.34. The number of urea groups is 1. The number of ether oxygens (including phenoxy) is 2. The summed E-state index contributed by atoms with van der Waals surface area (Å²) in [5.41, 5.74) is 1.83. The largest absolute Gasteiger partial charge is 0.497 e. The normalized spacial score (nSPS) is 13.7.